The molecule has 0 spiro atoms. The average molecular weight is 433 g/mol. The molecule has 3 rings (SSSR count). The Hall–Kier alpha value is -1.57. The molecule has 0 bridgehead atoms. The first kappa shape index (κ1) is 21.1. The molecule has 0 aromatic heterocycles. The molecule has 2 fully saturated rings. The Morgan fingerprint density at radius 3 is 2.32 bits per heavy atom. The minimum absolute atomic E-state index is 0.0918. The van der Waals surface area contributed by atoms with E-state index in [1.807, 2.05) is 0 Å². The van der Waals surface area contributed by atoms with E-state index in [1.165, 1.54) is 35.5 Å². The molecular weight excluding hydrogens is 408 g/mol. The van der Waals surface area contributed by atoms with Crippen LogP contribution >= 0.6 is 0 Å². The van der Waals surface area contributed by atoms with Crippen molar-refractivity contribution in [2.24, 2.45) is 0 Å². The number of benzene rings is 1. The first-order valence-corrected chi connectivity index (χ1v) is 11.9. The molecule has 1 amide bonds. The zero-order valence-corrected chi connectivity index (χ0v) is 17.0. The van der Waals surface area contributed by atoms with Gasteiger partial charge in [0.05, 0.1) is 4.90 Å². The van der Waals surface area contributed by atoms with Gasteiger partial charge in [0.2, 0.25) is 26.0 Å². The lowest BCUT2D eigenvalue weighted by Gasteiger charge is -2.32. The molecule has 156 valence electrons. The van der Waals surface area contributed by atoms with Gasteiger partial charge in [-0.3, -0.25) is 10.1 Å². The predicted molar refractivity (Wildman–Crippen MR) is 101 cm³/mol. The second-order valence-electron chi connectivity index (χ2n) is 6.91. The van der Waals surface area contributed by atoms with Gasteiger partial charge in [0, 0.05) is 25.7 Å². The molecule has 1 aromatic carbocycles. The van der Waals surface area contributed by atoms with Gasteiger partial charge < -0.3 is 10.4 Å². The fourth-order valence-corrected chi connectivity index (χ4v) is 6.39. The lowest BCUT2D eigenvalue weighted by atomic mass is 10.2. The van der Waals surface area contributed by atoms with Crippen LogP contribution in [0.5, 0.6) is 0 Å². The van der Waals surface area contributed by atoms with Crippen molar-refractivity contribution in [3.8, 4) is 0 Å². The molecule has 0 saturated carbocycles. The summed E-state index contributed by atoms with van der Waals surface area (Å²) in [7, 11) is -7.54. The number of aliphatic hydroxyl groups excluding tert-OH is 1. The molecule has 2 saturated heterocycles. The number of aliphatic hydroxyl groups is 1. The van der Waals surface area contributed by atoms with Crippen molar-refractivity contribution in [3.05, 3.63) is 29.8 Å². The van der Waals surface area contributed by atoms with Gasteiger partial charge in [-0.05, 0) is 37.5 Å². The monoisotopic (exact) mass is 432 g/mol. The van der Waals surface area contributed by atoms with E-state index < -0.39 is 43.6 Å². The maximum absolute atomic E-state index is 12.5. The Balaban J connectivity index is 1.67. The van der Waals surface area contributed by atoms with Crippen LogP contribution in [0.3, 0.4) is 0 Å². The Labute approximate surface area is 164 Å². The molecule has 12 heteroatoms. The number of sulfonamides is 2. The summed E-state index contributed by atoms with van der Waals surface area (Å²) in [6.07, 6.45) is 0.398. The van der Waals surface area contributed by atoms with Gasteiger partial charge in [-0.2, -0.15) is 4.31 Å². The van der Waals surface area contributed by atoms with Crippen molar-refractivity contribution in [1.82, 2.24) is 19.7 Å². The van der Waals surface area contributed by atoms with Crippen LogP contribution in [0.1, 0.15) is 25.3 Å². The largest absolute Gasteiger partial charge is 0.361 e. The summed E-state index contributed by atoms with van der Waals surface area (Å²) in [5.74, 6) is -0.793. The highest BCUT2D eigenvalue weighted by atomic mass is 32.2. The van der Waals surface area contributed by atoms with Gasteiger partial charge in [0.25, 0.3) is 0 Å². The van der Waals surface area contributed by atoms with Crippen molar-refractivity contribution in [1.29, 1.82) is 0 Å². The zero-order valence-electron chi connectivity index (χ0n) is 15.3. The van der Waals surface area contributed by atoms with Crippen LogP contribution in [0.25, 0.3) is 0 Å². The number of hydrogen-bond donors (Lipinski definition) is 4. The molecule has 28 heavy (non-hydrogen) atoms. The van der Waals surface area contributed by atoms with Crippen LogP contribution in [0.4, 0.5) is 0 Å². The van der Waals surface area contributed by atoms with Gasteiger partial charge in [-0.15, -0.1) is 0 Å². The van der Waals surface area contributed by atoms with Crippen molar-refractivity contribution < 1.29 is 26.7 Å². The Bertz CT molecular complexity index is 926. The molecule has 10 nitrogen and oxygen atoms in total. The maximum Gasteiger partial charge on any atom is 0.244 e. The standard InChI is InChI=1S/C16H24N4O6S2/c1-11-14(15(21)19-16(22)18-11)27(23,24)17-10-12-4-6-13(7-5-12)28(25,26)20-8-2-3-9-20/h4-7,11,14,16-18,22H,2-3,8-10H2,1H3,(H,19,21). The number of rotatable bonds is 6. The molecule has 2 aliphatic heterocycles. The number of carbonyl (C=O) groups excluding carboxylic acids is 1. The van der Waals surface area contributed by atoms with Gasteiger partial charge in [-0.25, -0.2) is 21.6 Å². The van der Waals surface area contributed by atoms with Crippen LogP contribution in [-0.4, -0.2) is 62.9 Å². The zero-order chi connectivity index (χ0) is 20.5. The molecule has 2 heterocycles. The lowest BCUT2D eigenvalue weighted by Crippen LogP contribution is -2.66. The van der Waals surface area contributed by atoms with E-state index in [0.717, 1.165) is 12.8 Å². The van der Waals surface area contributed by atoms with E-state index in [-0.39, 0.29) is 11.4 Å². The number of nitrogens with zero attached hydrogens (tertiary/aromatic N) is 1. The maximum atomic E-state index is 12.5. The molecule has 0 aliphatic carbocycles. The molecule has 2 aliphatic rings. The Morgan fingerprint density at radius 2 is 1.75 bits per heavy atom. The Kier molecular flexibility index (Phi) is 6.08. The van der Waals surface area contributed by atoms with E-state index in [4.69, 9.17) is 0 Å². The van der Waals surface area contributed by atoms with E-state index in [1.54, 1.807) is 0 Å². The van der Waals surface area contributed by atoms with Crippen LogP contribution < -0.4 is 15.4 Å². The second kappa shape index (κ2) is 8.05. The van der Waals surface area contributed by atoms with E-state index >= 15 is 0 Å². The summed E-state index contributed by atoms with van der Waals surface area (Å²) in [6, 6.07) is 5.20. The van der Waals surface area contributed by atoms with Crippen molar-refractivity contribution in [2.75, 3.05) is 13.1 Å². The minimum Gasteiger partial charge on any atom is -0.361 e. The smallest absolute Gasteiger partial charge is 0.244 e. The second-order valence-corrected chi connectivity index (χ2v) is 10.7. The summed E-state index contributed by atoms with van der Waals surface area (Å²) in [4.78, 5) is 12.1. The summed E-state index contributed by atoms with van der Waals surface area (Å²) < 4.78 is 53.8. The van der Waals surface area contributed by atoms with Crippen molar-refractivity contribution in [2.45, 2.75) is 48.8 Å². The molecule has 3 atom stereocenters. The van der Waals surface area contributed by atoms with Gasteiger partial charge in [0.15, 0.2) is 11.6 Å². The highest BCUT2D eigenvalue weighted by Crippen LogP contribution is 2.21. The average Bonchev–Trinajstić information content (AvgIpc) is 3.15. The Morgan fingerprint density at radius 1 is 1.14 bits per heavy atom. The van der Waals surface area contributed by atoms with Gasteiger partial charge >= 0.3 is 0 Å². The van der Waals surface area contributed by atoms with Crippen molar-refractivity contribution >= 4 is 26.0 Å². The highest BCUT2D eigenvalue weighted by Gasteiger charge is 2.42. The fraction of sp³-hybridized carbons (Fsp3) is 0.562. The summed E-state index contributed by atoms with van der Waals surface area (Å²) in [5, 5.41) is 12.7. The lowest BCUT2D eigenvalue weighted by molar-refractivity contribution is -0.127. The molecule has 3 unspecified atom stereocenters. The summed E-state index contributed by atoms with van der Waals surface area (Å²) in [5.41, 5.74) is 0.556. The summed E-state index contributed by atoms with van der Waals surface area (Å²) in [6.45, 7) is 2.41. The number of carbonyl (C=O) groups is 1. The van der Waals surface area contributed by atoms with Crippen LogP contribution in [0.15, 0.2) is 29.2 Å². The third-order valence-electron chi connectivity index (χ3n) is 4.85. The fourth-order valence-electron chi connectivity index (χ4n) is 3.36. The normalized spacial score (nSPS) is 26.9. The first-order chi connectivity index (χ1) is 13.1. The molecular formula is C16H24N4O6S2. The van der Waals surface area contributed by atoms with E-state index in [9.17, 15) is 26.7 Å². The van der Waals surface area contributed by atoms with Crippen LogP contribution in [-0.2, 0) is 31.4 Å². The predicted octanol–water partition coefficient (Wildman–Crippen LogP) is -1.36. The van der Waals surface area contributed by atoms with Gasteiger partial charge in [-0.1, -0.05) is 12.1 Å². The van der Waals surface area contributed by atoms with Crippen LogP contribution in [0.2, 0.25) is 0 Å². The third kappa shape index (κ3) is 4.36. The number of amides is 1. The highest BCUT2D eigenvalue weighted by molar-refractivity contribution is 7.91. The number of hydrogen-bond acceptors (Lipinski definition) is 7. The SMILES string of the molecule is CC1NC(O)NC(=O)C1S(=O)(=O)NCc1ccc(S(=O)(=O)N2CCCC2)cc1. The van der Waals surface area contributed by atoms with E-state index in [2.05, 4.69) is 15.4 Å². The molecule has 1 aromatic rings. The quantitative estimate of drug-likeness (QED) is 0.435. The van der Waals surface area contributed by atoms with E-state index in [0.29, 0.717) is 18.7 Å². The van der Waals surface area contributed by atoms with Crippen LogP contribution in [0, 0.1) is 0 Å². The number of nitrogens with one attached hydrogen (secondary N) is 3. The topological polar surface area (TPSA) is 145 Å². The molecule has 0 radical (unpaired) electrons. The van der Waals surface area contributed by atoms with Gasteiger partial charge in [0.1, 0.15) is 0 Å². The minimum atomic E-state index is -4.02. The van der Waals surface area contributed by atoms with Crippen molar-refractivity contribution in [3.63, 3.8) is 0 Å². The molecule has 4 N–H and O–H groups in total. The third-order valence-corrected chi connectivity index (χ3v) is 8.60. The summed E-state index contributed by atoms with van der Waals surface area (Å²) >= 11 is 0. The first-order valence-electron chi connectivity index (χ1n) is 8.93.